The number of carbonyl (C=O) groups is 1. The van der Waals surface area contributed by atoms with Crippen molar-refractivity contribution in [1.29, 1.82) is 0 Å². The maximum Gasteiger partial charge on any atom is 0.256 e. The molecule has 1 aliphatic heterocycles. The summed E-state index contributed by atoms with van der Waals surface area (Å²) in [6, 6.07) is 4.57. The molecule has 0 aliphatic carbocycles. The highest BCUT2D eigenvalue weighted by Crippen LogP contribution is 2.23. The van der Waals surface area contributed by atoms with E-state index < -0.39 is 5.82 Å². The zero-order valence-electron chi connectivity index (χ0n) is 9.75. The number of likely N-dealkylation sites (tertiary alicyclic amines) is 1. The number of carbonyl (C=O) groups excluding carboxylic acids is 1. The average molecular weight is 300 g/mol. The maximum absolute atomic E-state index is 13.7. The Morgan fingerprint density at radius 2 is 2.35 bits per heavy atom. The summed E-state index contributed by atoms with van der Waals surface area (Å²) in [5.41, 5.74) is 0.171. The molecule has 92 valence electrons. The van der Waals surface area contributed by atoms with Gasteiger partial charge >= 0.3 is 0 Å². The molecule has 1 amide bonds. The van der Waals surface area contributed by atoms with Crippen LogP contribution >= 0.6 is 15.9 Å². The summed E-state index contributed by atoms with van der Waals surface area (Å²) in [7, 11) is 0. The molecule has 0 radical (unpaired) electrons. The first-order valence-electron chi connectivity index (χ1n) is 5.86. The molecule has 4 heteroatoms. The fourth-order valence-corrected chi connectivity index (χ4v) is 2.52. The van der Waals surface area contributed by atoms with Crippen LogP contribution in [0.15, 0.2) is 22.7 Å². The van der Waals surface area contributed by atoms with Crippen LogP contribution < -0.4 is 0 Å². The molecular formula is C13H15BrFNO. The summed E-state index contributed by atoms with van der Waals surface area (Å²) in [6.45, 7) is 3.62. The van der Waals surface area contributed by atoms with Crippen LogP contribution in [-0.2, 0) is 0 Å². The van der Waals surface area contributed by atoms with Gasteiger partial charge in [-0.15, -0.1) is 0 Å². The van der Waals surface area contributed by atoms with Crippen molar-refractivity contribution in [1.82, 2.24) is 4.90 Å². The lowest BCUT2D eigenvalue weighted by Gasteiger charge is -2.16. The molecule has 1 saturated heterocycles. The molecule has 2 nitrogen and oxygen atoms in total. The van der Waals surface area contributed by atoms with Gasteiger partial charge in [-0.1, -0.05) is 29.3 Å². The first kappa shape index (κ1) is 12.6. The lowest BCUT2D eigenvalue weighted by atomic mass is 10.1. The van der Waals surface area contributed by atoms with Gasteiger partial charge in [0.2, 0.25) is 0 Å². The van der Waals surface area contributed by atoms with E-state index in [0.29, 0.717) is 10.4 Å². The quantitative estimate of drug-likeness (QED) is 0.819. The standard InChI is InChI=1S/C13H15BrFNO/c1-2-9-5-6-16(8-9)13(17)11-4-3-10(14)7-12(11)15/h3-4,7,9H,2,5-6,8H2,1H3. The second-order valence-corrected chi connectivity index (χ2v) is 5.35. The summed E-state index contributed by atoms with van der Waals surface area (Å²) in [5, 5.41) is 0. The molecule has 1 heterocycles. The normalized spacial score (nSPS) is 19.7. The molecule has 1 aliphatic rings. The van der Waals surface area contributed by atoms with Crippen LogP contribution in [0.5, 0.6) is 0 Å². The summed E-state index contributed by atoms with van der Waals surface area (Å²) in [6.07, 6.45) is 2.10. The van der Waals surface area contributed by atoms with Crippen molar-refractivity contribution in [2.45, 2.75) is 19.8 Å². The van der Waals surface area contributed by atoms with E-state index in [1.165, 1.54) is 6.07 Å². The summed E-state index contributed by atoms with van der Waals surface area (Å²) in [4.78, 5) is 13.9. The highest BCUT2D eigenvalue weighted by Gasteiger charge is 2.27. The largest absolute Gasteiger partial charge is 0.338 e. The van der Waals surface area contributed by atoms with Crippen LogP contribution in [-0.4, -0.2) is 23.9 Å². The molecule has 0 bridgehead atoms. The number of amides is 1. The number of nitrogens with zero attached hydrogens (tertiary/aromatic N) is 1. The van der Waals surface area contributed by atoms with E-state index in [1.54, 1.807) is 17.0 Å². The van der Waals surface area contributed by atoms with E-state index in [-0.39, 0.29) is 11.5 Å². The van der Waals surface area contributed by atoms with Crippen molar-refractivity contribution in [3.8, 4) is 0 Å². The van der Waals surface area contributed by atoms with Gasteiger partial charge in [-0.3, -0.25) is 4.79 Å². The van der Waals surface area contributed by atoms with Gasteiger partial charge in [0, 0.05) is 17.6 Å². The summed E-state index contributed by atoms with van der Waals surface area (Å²) >= 11 is 3.18. The van der Waals surface area contributed by atoms with Crippen molar-refractivity contribution < 1.29 is 9.18 Å². The SMILES string of the molecule is CCC1CCN(C(=O)c2ccc(Br)cc2F)C1. The van der Waals surface area contributed by atoms with E-state index in [4.69, 9.17) is 0 Å². The zero-order chi connectivity index (χ0) is 12.4. The highest BCUT2D eigenvalue weighted by molar-refractivity contribution is 9.10. The Morgan fingerprint density at radius 3 is 2.94 bits per heavy atom. The van der Waals surface area contributed by atoms with Crippen LogP contribution in [0.1, 0.15) is 30.1 Å². The minimum atomic E-state index is -0.454. The van der Waals surface area contributed by atoms with E-state index >= 15 is 0 Å². The third kappa shape index (κ3) is 2.68. The van der Waals surface area contributed by atoms with Gasteiger partial charge in [-0.05, 0) is 30.5 Å². The van der Waals surface area contributed by atoms with E-state index in [1.807, 2.05) is 0 Å². The Kier molecular flexibility index (Phi) is 3.82. The Labute approximate surface area is 109 Å². The molecule has 0 aromatic heterocycles. The fourth-order valence-electron chi connectivity index (χ4n) is 2.18. The molecule has 0 saturated carbocycles. The second-order valence-electron chi connectivity index (χ2n) is 4.44. The topological polar surface area (TPSA) is 20.3 Å². The number of rotatable bonds is 2. The van der Waals surface area contributed by atoms with Crippen molar-refractivity contribution >= 4 is 21.8 Å². The molecule has 0 spiro atoms. The van der Waals surface area contributed by atoms with E-state index in [9.17, 15) is 9.18 Å². The first-order chi connectivity index (χ1) is 8.11. The van der Waals surface area contributed by atoms with Crippen LogP contribution in [0, 0.1) is 11.7 Å². The third-order valence-electron chi connectivity index (χ3n) is 3.31. The van der Waals surface area contributed by atoms with Crippen LogP contribution in [0.25, 0.3) is 0 Å². The molecule has 0 N–H and O–H groups in total. The summed E-state index contributed by atoms with van der Waals surface area (Å²) < 4.78 is 14.3. The number of hydrogen-bond acceptors (Lipinski definition) is 1. The predicted molar refractivity (Wildman–Crippen MR) is 68.4 cm³/mol. The zero-order valence-corrected chi connectivity index (χ0v) is 11.3. The highest BCUT2D eigenvalue weighted by atomic mass is 79.9. The average Bonchev–Trinajstić information content (AvgIpc) is 2.76. The molecule has 1 aromatic rings. The van der Waals surface area contributed by atoms with E-state index in [0.717, 1.165) is 25.9 Å². The fraction of sp³-hybridized carbons (Fsp3) is 0.462. The van der Waals surface area contributed by atoms with Crippen LogP contribution in [0.4, 0.5) is 4.39 Å². The monoisotopic (exact) mass is 299 g/mol. The molecule has 1 aromatic carbocycles. The van der Waals surface area contributed by atoms with Gasteiger partial charge < -0.3 is 4.90 Å². The van der Waals surface area contributed by atoms with Crippen molar-refractivity contribution in [3.05, 3.63) is 34.1 Å². The lowest BCUT2D eigenvalue weighted by molar-refractivity contribution is 0.0782. The maximum atomic E-state index is 13.7. The minimum Gasteiger partial charge on any atom is -0.338 e. The van der Waals surface area contributed by atoms with Gasteiger partial charge in [-0.2, -0.15) is 0 Å². The summed E-state index contributed by atoms with van der Waals surface area (Å²) in [5.74, 6) is -0.0762. The Morgan fingerprint density at radius 1 is 1.59 bits per heavy atom. The Hall–Kier alpha value is -0.900. The third-order valence-corrected chi connectivity index (χ3v) is 3.81. The van der Waals surface area contributed by atoms with Crippen molar-refractivity contribution in [2.75, 3.05) is 13.1 Å². The number of benzene rings is 1. The second kappa shape index (κ2) is 5.17. The minimum absolute atomic E-state index is 0.171. The smallest absolute Gasteiger partial charge is 0.256 e. The van der Waals surface area contributed by atoms with Crippen molar-refractivity contribution in [3.63, 3.8) is 0 Å². The first-order valence-corrected chi connectivity index (χ1v) is 6.65. The van der Waals surface area contributed by atoms with Gasteiger partial charge in [0.15, 0.2) is 0 Å². The van der Waals surface area contributed by atoms with Crippen LogP contribution in [0.3, 0.4) is 0 Å². The van der Waals surface area contributed by atoms with Gasteiger partial charge in [0.05, 0.1) is 5.56 Å². The van der Waals surface area contributed by atoms with Crippen molar-refractivity contribution in [2.24, 2.45) is 5.92 Å². The Balaban J connectivity index is 2.15. The molecule has 1 atom stereocenters. The number of halogens is 2. The molecule has 1 fully saturated rings. The van der Waals surface area contributed by atoms with Gasteiger partial charge in [0.1, 0.15) is 5.82 Å². The van der Waals surface area contributed by atoms with E-state index in [2.05, 4.69) is 22.9 Å². The van der Waals surface area contributed by atoms with Crippen LogP contribution in [0.2, 0.25) is 0 Å². The molecule has 1 unspecified atom stereocenters. The van der Waals surface area contributed by atoms with Gasteiger partial charge in [-0.25, -0.2) is 4.39 Å². The lowest BCUT2D eigenvalue weighted by Crippen LogP contribution is -2.29. The molecular weight excluding hydrogens is 285 g/mol. The molecule has 2 rings (SSSR count). The Bertz CT molecular complexity index is 435. The predicted octanol–water partition coefficient (Wildman–Crippen LogP) is 3.46. The van der Waals surface area contributed by atoms with Gasteiger partial charge in [0.25, 0.3) is 5.91 Å². The molecule has 17 heavy (non-hydrogen) atoms. The number of hydrogen-bond donors (Lipinski definition) is 0.